The number of hydrogen-bond donors (Lipinski definition) is 3. The number of aromatic amines is 1. The summed E-state index contributed by atoms with van der Waals surface area (Å²) in [5.74, 6) is -0.830. The molecule has 0 atom stereocenters. The first kappa shape index (κ1) is 15.0. The molecule has 8 nitrogen and oxygen atoms in total. The molecule has 0 aliphatic rings. The number of rotatable bonds is 5. The molecule has 9 heteroatoms. The van der Waals surface area contributed by atoms with Crippen LogP contribution in [0, 0.1) is 0 Å². The van der Waals surface area contributed by atoms with Crippen LogP contribution in [0.25, 0.3) is 0 Å². The van der Waals surface area contributed by atoms with E-state index in [0.29, 0.717) is 15.7 Å². The molecule has 2 heterocycles. The van der Waals surface area contributed by atoms with Crippen molar-refractivity contribution in [2.45, 2.75) is 13.0 Å². The van der Waals surface area contributed by atoms with Crippen LogP contribution in [0.4, 0.5) is 5.69 Å². The Morgan fingerprint density at radius 2 is 2.24 bits per heavy atom. The zero-order chi connectivity index (χ0) is 15.4. The van der Waals surface area contributed by atoms with Crippen molar-refractivity contribution in [1.29, 1.82) is 0 Å². The lowest BCUT2D eigenvalue weighted by Crippen LogP contribution is -2.19. The summed E-state index contributed by atoms with van der Waals surface area (Å²) >= 11 is 3.13. The number of nitrogens with two attached hydrogens (primary N) is 1. The summed E-state index contributed by atoms with van der Waals surface area (Å²) in [5.41, 5.74) is 5.76. The zero-order valence-electron chi connectivity index (χ0n) is 10.8. The molecule has 21 heavy (non-hydrogen) atoms. The Morgan fingerprint density at radius 3 is 2.95 bits per heavy atom. The summed E-state index contributed by atoms with van der Waals surface area (Å²) in [5, 5.41) is 6.51. The van der Waals surface area contributed by atoms with Crippen molar-refractivity contribution >= 4 is 33.4 Å². The van der Waals surface area contributed by atoms with Gasteiger partial charge >= 0.3 is 0 Å². The molecule has 0 unspecified atom stereocenters. The summed E-state index contributed by atoms with van der Waals surface area (Å²) in [6, 6.07) is 1.64. The van der Waals surface area contributed by atoms with Crippen LogP contribution in [-0.4, -0.2) is 26.6 Å². The number of nitrogens with one attached hydrogen (secondary N) is 2. The number of aromatic nitrogens is 3. The van der Waals surface area contributed by atoms with E-state index < -0.39 is 5.91 Å². The van der Waals surface area contributed by atoms with E-state index in [0.717, 1.165) is 0 Å². The molecule has 0 bridgehead atoms. The van der Waals surface area contributed by atoms with Gasteiger partial charge in [0.05, 0.1) is 22.8 Å². The van der Waals surface area contributed by atoms with Crippen molar-refractivity contribution in [3.63, 3.8) is 0 Å². The summed E-state index contributed by atoms with van der Waals surface area (Å²) < 4.78 is 1.64. The first-order valence-electron chi connectivity index (χ1n) is 5.92. The number of anilines is 1. The van der Waals surface area contributed by atoms with Crippen LogP contribution in [0.2, 0.25) is 0 Å². The standard InChI is InChI=1S/C12H12BrN5O3/c13-11-7(1-2-15-12(11)21)3-10(20)17-8-4-16-18(5-8)6-9(14)19/h1-2,4-5H,3,6H2,(H2,14,19)(H,15,21)(H,17,20). The lowest BCUT2D eigenvalue weighted by atomic mass is 10.2. The maximum absolute atomic E-state index is 11.9. The van der Waals surface area contributed by atoms with Gasteiger partial charge in [0.25, 0.3) is 5.56 Å². The molecule has 2 amide bonds. The Labute approximate surface area is 127 Å². The Kier molecular flexibility index (Phi) is 4.53. The number of nitrogens with zero attached hydrogens (tertiary/aromatic N) is 2. The van der Waals surface area contributed by atoms with Crippen LogP contribution in [0.15, 0.2) is 33.9 Å². The second-order valence-electron chi connectivity index (χ2n) is 4.26. The van der Waals surface area contributed by atoms with Crippen LogP contribution in [0.1, 0.15) is 5.56 Å². The van der Waals surface area contributed by atoms with Gasteiger partial charge in [-0.3, -0.25) is 19.1 Å². The number of hydrogen-bond acceptors (Lipinski definition) is 4. The Bertz CT molecular complexity index is 736. The van der Waals surface area contributed by atoms with Crippen molar-refractivity contribution in [2.24, 2.45) is 5.73 Å². The zero-order valence-corrected chi connectivity index (χ0v) is 12.4. The van der Waals surface area contributed by atoms with Gasteiger partial charge in [0.15, 0.2) is 0 Å². The van der Waals surface area contributed by atoms with Crippen LogP contribution in [0.5, 0.6) is 0 Å². The molecule has 110 valence electrons. The van der Waals surface area contributed by atoms with Crippen molar-refractivity contribution in [1.82, 2.24) is 14.8 Å². The monoisotopic (exact) mass is 353 g/mol. The Morgan fingerprint density at radius 1 is 1.48 bits per heavy atom. The molecule has 0 aromatic carbocycles. The molecular formula is C12H12BrN5O3. The number of pyridine rings is 1. The van der Waals surface area contributed by atoms with Crippen LogP contribution in [-0.2, 0) is 22.6 Å². The van der Waals surface area contributed by atoms with Crippen molar-refractivity contribution in [2.75, 3.05) is 5.32 Å². The fraction of sp³-hybridized carbons (Fsp3) is 0.167. The minimum Gasteiger partial charge on any atom is -0.368 e. The van der Waals surface area contributed by atoms with E-state index in [9.17, 15) is 14.4 Å². The average Bonchev–Trinajstić information content (AvgIpc) is 2.81. The number of halogens is 1. The highest BCUT2D eigenvalue weighted by atomic mass is 79.9. The van der Waals surface area contributed by atoms with E-state index >= 15 is 0 Å². The SMILES string of the molecule is NC(=O)Cn1cc(NC(=O)Cc2cc[nH]c(=O)c2Br)cn1. The van der Waals surface area contributed by atoms with E-state index in [1.165, 1.54) is 23.3 Å². The maximum Gasteiger partial charge on any atom is 0.262 e. The number of carbonyl (C=O) groups is 2. The Balaban J connectivity index is 2.01. The lowest BCUT2D eigenvalue weighted by Gasteiger charge is -2.04. The molecule has 0 aliphatic carbocycles. The molecule has 0 fully saturated rings. The second kappa shape index (κ2) is 6.35. The number of primary amides is 1. The second-order valence-corrected chi connectivity index (χ2v) is 5.06. The highest BCUT2D eigenvalue weighted by Crippen LogP contribution is 2.12. The highest BCUT2D eigenvalue weighted by molar-refractivity contribution is 9.10. The molecule has 2 aromatic rings. The van der Waals surface area contributed by atoms with Gasteiger partial charge in [-0.15, -0.1) is 0 Å². The number of carbonyl (C=O) groups excluding carboxylic acids is 2. The molecule has 2 rings (SSSR count). The van der Waals surface area contributed by atoms with E-state index in [1.54, 1.807) is 6.07 Å². The normalized spacial score (nSPS) is 10.3. The predicted octanol–water partition coefficient (Wildman–Crippen LogP) is 0.000400. The minimum atomic E-state index is -0.525. The summed E-state index contributed by atoms with van der Waals surface area (Å²) in [4.78, 5) is 36.5. The fourth-order valence-electron chi connectivity index (χ4n) is 1.69. The van der Waals surface area contributed by atoms with Crippen LogP contribution >= 0.6 is 15.9 Å². The largest absolute Gasteiger partial charge is 0.368 e. The smallest absolute Gasteiger partial charge is 0.262 e. The van der Waals surface area contributed by atoms with E-state index in [2.05, 4.69) is 31.3 Å². The summed E-state index contributed by atoms with van der Waals surface area (Å²) in [6.07, 6.45) is 4.41. The predicted molar refractivity (Wildman–Crippen MR) is 78.5 cm³/mol. The third kappa shape index (κ3) is 4.02. The van der Waals surface area contributed by atoms with Gasteiger partial charge in [-0.05, 0) is 27.6 Å². The fourth-order valence-corrected chi connectivity index (χ4v) is 2.08. The van der Waals surface area contributed by atoms with Gasteiger partial charge in [0.2, 0.25) is 11.8 Å². The summed E-state index contributed by atoms with van der Waals surface area (Å²) in [7, 11) is 0. The maximum atomic E-state index is 11.9. The molecule has 2 aromatic heterocycles. The highest BCUT2D eigenvalue weighted by Gasteiger charge is 2.10. The molecule has 0 radical (unpaired) electrons. The molecule has 0 aliphatic heterocycles. The quantitative estimate of drug-likeness (QED) is 0.699. The molecule has 4 N–H and O–H groups in total. The van der Waals surface area contributed by atoms with Crippen molar-refractivity contribution < 1.29 is 9.59 Å². The van der Waals surface area contributed by atoms with Gasteiger partial charge in [-0.1, -0.05) is 0 Å². The molecular weight excluding hydrogens is 342 g/mol. The van der Waals surface area contributed by atoms with Gasteiger partial charge < -0.3 is 16.0 Å². The molecule has 0 saturated carbocycles. The van der Waals surface area contributed by atoms with E-state index in [1.807, 2.05) is 0 Å². The Hall–Kier alpha value is -2.42. The number of amides is 2. The van der Waals surface area contributed by atoms with Crippen molar-refractivity contribution in [3.05, 3.63) is 45.0 Å². The van der Waals surface area contributed by atoms with Crippen molar-refractivity contribution in [3.8, 4) is 0 Å². The third-order valence-corrected chi connectivity index (χ3v) is 3.44. The topological polar surface area (TPSA) is 123 Å². The first-order chi connectivity index (χ1) is 9.95. The third-order valence-electron chi connectivity index (χ3n) is 2.57. The number of H-pyrrole nitrogens is 1. The first-order valence-corrected chi connectivity index (χ1v) is 6.71. The molecule has 0 spiro atoms. The van der Waals surface area contributed by atoms with Gasteiger partial charge in [-0.2, -0.15) is 5.10 Å². The average molecular weight is 354 g/mol. The van der Waals surface area contributed by atoms with E-state index in [4.69, 9.17) is 5.73 Å². The summed E-state index contributed by atoms with van der Waals surface area (Å²) in [6.45, 7) is -0.0600. The lowest BCUT2D eigenvalue weighted by molar-refractivity contribution is -0.118. The minimum absolute atomic E-state index is 0.0332. The van der Waals surface area contributed by atoms with Gasteiger partial charge in [0, 0.05) is 12.4 Å². The van der Waals surface area contributed by atoms with Gasteiger partial charge in [-0.25, -0.2) is 0 Å². The van der Waals surface area contributed by atoms with Gasteiger partial charge in [0.1, 0.15) is 6.54 Å². The van der Waals surface area contributed by atoms with Crippen LogP contribution < -0.4 is 16.6 Å². The van der Waals surface area contributed by atoms with Crippen LogP contribution in [0.3, 0.4) is 0 Å². The van der Waals surface area contributed by atoms with E-state index in [-0.39, 0.29) is 24.4 Å². The molecule has 0 saturated heterocycles.